The van der Waals surface area contributed by atoms with Crippen LogP contribution in [0.15, 0.2) is 40.4 Å². The van der Waals surface area contributed by atoms with Gasteiger partial charge in [0.2, 0.25) is 0 Å². The van der Waals surface area contributed by atoms with Crippen molar-refractivity contribution in [3.63, 3.8) is 0 Å². The number of phenols is 1. The maximum atomic E-state index is 12.7. The molecule has 2 aromatic heterocycles. The molecular weight excluding hydrogens is 409 g/mol. The van der Waals surface area contributed by atoms with Crippen LogP contribution in [0.5, 0.6) is 11.5 Å². The van der Waals surface area contributed by atoms with Gasteiger partial charge < -0.3 is 9.84 Å². The number of allylic oxidation sites excluding steroid dienone is 1. The molecule has 0 amide bonds. The van der Waals surface area contributed by atoms with Gasteiger partial charge in [0.05, 0.1) is 22.4 Å². The summed E-state index contributed by atoms with van der Waals surface area (Å²) in [7, 11) is 1.44. The molecule has 27 heavy (non-hydrogen) atoms. The van der Waals surface area contributed by atoms with Gasteiger partial charge in [-0.15, -0.1) is 0 Å². The SMILES string of the molecule is COc1cc(C=c2sc3nc(C4C=CN=C(Cl)C4)cn3c2=O)cc(Cl)c1O. The van der Waals surface area contributed by atoms with Gasteiger partial charge in [-0.3, -0.25) is 9.20 Å². The van der Waals surface area contributed by atoms with Gasteiger partial charge in [-0.2, -0.15) is 0 Å². The molecule has 3 heterocycles. The van der Waals surface area contributed by atoms with Crippen molar-refractivity contribution in [3.8, 4) is 11.5 Å². The quantitative estimate of drug-likeness (QED) is 0.703. The van der Waals surface area contributed by atoms with E-state index in [2.05, 4.69) is 9.98 Å². The number of benzene rings is 1. The van der Waals surface area contributed by atoms with Crippen LogP contribution in [0.1, 0.15) is 23.6 Å². The summed E-state index contributed by atoms with van der Waals surface area (Å²) < 4.78 is 7.13. The van der Waals surface area contributed by atoms with Gasteiger partial charge >= 0.3 is 0 Å². The predicted molar refractivity (Wildman–Crippen MR) is 108 cm³/mol. The van der Waals surface area contributed by atoms with Crippen LogP contribution in [0.4, 0.5) is 0 Å². The second-order valence-corrected chi connectivity index (χ2v) is 7.80. The summed E-state index contributed by atoms with van der Waals surface area (Å²) in [6.45, 7) is 0. The molecule has 0 saturated carbocycles. The molecule has 1 aromatic carbocycles. The van der Waals surface area contributed by atoms with Crippen molar-refractivity contribution in [2.45, 2.75) is 12.3 Å². The minimum absolute atomic E-state index is 0.00842. The maximum Gasteiger partial charge on any atom is 0.274 e. The van der Waals surface area contributed by atoms with Crippen LogP contribution >= 0.6 is 34.5 Å². The van der Waals surface area contributed by atoms with Crippen LogP contribution in [0.25, 0.3) is 11.0 Å². The van der Waals surface area contributed by atoms with E-state index < -0.39 is 0 Å². The Labute approximate surface area is 167 Å². The fourth-order valence-corrected chi connectivity index (χ4v) is 4.25. The highest BCUT2D eigenvalue weighted by atomic mass is 35.5. The van der Waals surface area contributed by atoms with Gasteiger partial charge in [0.25, 0.3) is 5.56 Å². The van der Waals surface area contributed by atoms with Crippen molar-refractivity contribution in [2.24, 2.45) is 4.99 Å². The third-order valence-electron chi connectivity index (χ3n) is 4.19. The third-order valence-corrected chi connectivity index (χ3v) is 5.72. The molecule has 9 heteroatoms. The highest BCUT2D eigenvalue weighted by Gasteiger charge is 2.19. The van der Waals surface area contributed by atoms with Crippen LogP contribution < -0.4 is 14.8 Å². The molecule has 1 aliphatic heterocycles. The number of imidazole rings is 1. The van der Waals surface area contributed by atoms with Gasteiger partial charge in [0.15, 0.2) is 16.5 Å². The fraction of sp³-hybridized carbons (Fsp3) is 0.167. The number of nitrogens with zero attached hydrogens (tertiary/aromatic N) is 3. The largest absolute Gasteiger partial charge is 0.503 e. The number of rotatable bonds is 3. The molecule has 138 valence electrons. The average molecular weight is 422 g/mol. The first-order valence-electron chi connectivity index (χ1n) is 7.95. The zero-order valence-corrected chi connectivity index (χ0v) is 16.3. The molecule has 0 bridgehead atoms. The Hall–Kier alpha value is -2.35. The number of halogens is 2. The second-order valence-electron chi connectivity index (χ2n) is 5.95. The number of aromatic hydroxyl groups is 1. The van der Waals surface area contributed by atoms with Gasteiger partial charge in [-0.05, 0) is 23.8 Å². The average Bonchev–Trinajstić information content (AvgIpc) is 3.18. The maximum absolute atomic E-state index is 12.7. The number of aromatic nitrogens is 2. The minimum atomic E-state index is -0.170. The van der Waals surface area contributed by atoms with Crippen LogP contribution in [-0.2, 0) is 0 Å². The summed E-state index contributed by atoms with van der Waals surface area (Å²) in [6, 6.07) is 3.18. The molecule has 6 nitrogen and oxygen atoms in total. The number of hydrogen-bond acceptors (Lipinski definition) is 6. The molecule has 1 aliphatic rings. The molecule has 0 fully saturated rings. The lowest BCUT2D eigenvalue weighted by Crippen LogP contribution is -2.22. The van der Waals surface area contributed by atoms with Crippen molar-refractivity contribution >= 4 is 50.7 Å². The van der Waals surface area contributed by atoms with Crippen molar-refractivity contribution in [1.82, 2.24) is 9.38 Å². The number of hydrogen-bond donors (Lipinski definition) is 1. The molecule has 1 N–H and O–H groups in total. The topological polar surface area (TPSA) is 76.2 Å². The number of methoxy groups -OCH3 is 1. The molecule has 0 saturated heterocycles. The van der Waals surface area contributed by atoms with Crippen LogP contribution in [-0.4, -0.2) is 26.8 Å². The first-order valence-corrected chi connectivity index (χ1v) is 9.52. The zero-order chi connectivity index (χ0) is 19.1. The van der Waals surface area contributed by atoms with E-state index in [-0.39, 0.29) is 28.0 Å². The highest BCUT2D eigenvalue weighted by molar-refractivity contribution is 7.15. The Kier molecular flexibility index (Phi) is 4.67. The van der Waals surface area contributed by atoms with Gasteiger partial charge in [0, 0.05) is 24.7 Å². The van der Waals surface area contributed by atoms with E-state index >= 15 is 0 Å². The normalized spacial score (nSPS) is 17.5. The molecule has 0 aliphatic carbocycles. The zero-order valence-electron chi connectivity index (χ0n) is 14.0. The van der Waals surface area contributed by atoms with E-state index in [1.54, 1.807) is 30.6 Å². The van der Waals surface area contributed by atoms with Crippen molar-refractivity contribution in [2.75, 3.05) is 7.11 Å². The number of phenolic OH excluding ortho intramolecular Hbond substituents is 1. The number of ether oxygens (including phenoxy) is 1. The van der Waals surface area contributed by atoms with E-state index in [4.69, 9.17) is 27.9 Å². The Balaban J connectivity index is 1.75. The smallest absolute Gasteiger partial charge is 0.274 e. The molecule has 1 atom stereocenters. The van der Waals surface area contributed by atoms with Gasteiger partial charge in [0.1, 0.15) is 5.17 Å². The molecular formula is C18H13Cl2N3O3S. The fourth-order valence-electron chi connectivity index (χ4n) is 2.85. The first-order chi connectivity index (χ1) is 13.0. The Morgan fingerprint density at radius 3 is 2.93 bits per heavy atom. The van der Waals surface area contributed by atoms with E-state index in [0.29, 0.717) is 26.6 Å². The number of thiazole rings is 1. The van der Waals surface area contributed by atoms with Crippen molar-refractivity contribution in [3.05, 3.63) is 61.8 Å². The third kappa shape index (κ3) is 3.34. The van der Waals surface area contributed by atoms with Crippen molar-refractivity contribution in [1.29, 1.82) is 0 Å². The summed E-state index contributed by atoms with van der Waals surface area (Å²) in [5.74, 6) is 0.119. The molecule has 0 radical (unpaired) electrons. The van der Waals surface area contributed by atoms with Crippen LogP contribution in [0, 0.1) is 0 Å². The molecule has 3 aromatic rings. The lowest BCUT2D eigenvalue weighted by atomic mass is 10.0. The van der Waals surface area contributed by atoms with Gasteiger partial charge in [-0.1, -0.05) is 40.6 Å². The first kappa shape index (κ1) is 18.0. The summed E-state index contributed by atoms with van der Waals surface area (Å²) in [5, 5.41) is 10.5. The summed E-state index contributed by atoms with van der Waals surface area (Å²) in [5.41, 5.74) is 1.26. The van der Waals surface area contributed by atoms with Gasteiger partial charge in [-0.25, -0.2) is 9.98 Å². The molecule has 1 unspecified atom stereocenters. The minimum Gasteiger partial charge on any atom is -0.503 e. The Bertz CT molecular complexity index is 1210. The standard InChI is InChI=1S/C18H13Cl2N3O3S/c1-26-13-5-9(4-11(19)16(13)24)6-14-17(25)23-8-12(22-18(23)27-14)10-2-3-21-15(20)7-10/h2-6,8,10,24H,7H2,1H3. The highest BCUT2D eigenvalue weighted by Crippen LogP contribution is 2.35. The lowest BCUT2D eigenvalue weighted by Gasteiger charge is -2.10. The van der Waals surface area contributed by atoms with E-state index in [0.717, 1.165) is 5.69 Å². The number of fused-ring (bicyclic) bond motifs is 1. The molecule has 0 spiro atoms. The second kappa shape index (κ2) is 6.99. The summed E-state index contributed by atoms with van der Waals surface area (Å²) in [4.78, 5) is 21.9. The predicted octanol–water partition coefficient (Wildman–Crippen LogP) is 3.31. The molecule has 4 rings (SSSR count). The van der Waals surface area contributed by atoms with E-state index in [9.17, 15) is 9.90 Å². The van der Waals surface area contributed by atoms with Crippen molar-refractivity contribution < 1.29 is 9.84 Å². The van der Waals surface area contributed by atoms with E-state index in [1.807, 2.05) is 6.08 Å². The summed E-state index contributed by atoms with van der Waals surface area (Å²) in [6.07, 6.45) is 7.57. The summed E-state index contributed by atoms with van der Waals surface area (Å²) >= 11 is 13.3. The lowest BCUT2D eigenvalue weighted by molar-refractivity contribution is 0.373. The van der Waals surface area contributed by atoms with Crippen LogP contribution in [0.2, 0.25) is 5.02 Å². The van der Waals surface area contributed by atoms with E-state index in [1.165, 1.54) is 22.8 Å². The Morgan fingerprint density at radius 2 is 2.22 bits per heavy atom. The monoisotopic (exact) mass is 421 g/mol. The Morgan fingerprint density at radius 1 is 1.41 bits per heavy atom. The van der Waals surface area contributed by atoms with Crippen LogP contribution in [0.3, 0.4) is 0 Å². The number of aliphatic imine (C=N–C) groups is 1.